The Kier molecular flexibility index (Phi) is 4.98. The first-order chi connectivity index (χ1) is 14.7. The van der Waals surface area contributed by atoms with Gasteiger partial charge in [-0.25, -0.2) is 8.91 Å². The van der Waals surface area contributed by atoms with Crippen molar-refractivity contribution < 1.29 is 4.39 Å². The second-order valence-electron chi connectivity index (χ2n) is 7.79. The zero-order valence-corrected chi connectivity index (χ0v) is 16.8. The Morgan fingerprint density at radius 1 is 1.03 bits per heavy atom. The van der Waals surface area contributed by atoms with Gasteiger partial charge in [0, 0.05) is 44.1 Å². The average molecular weight is 402 g/mol. The fourth-order valence-electron chi connectivity index (χ4n) is 4.08. The van der Waals surface area contributed by atoms with Gasteiger partial charge in [0.25, 0.3) is 0 Å². The van der Waals surface area contributed by atoms with E-state index < -0.39 is 0 Å². The van der Waals surface area contributed by atoms with Crippen LogP contribution in [0.2, 0.25) is 0 Å². The zero-order valence-electron chi connectivity index (χ0n) is 16.8. The molecule has 30 heavy (non-hydrogen) atoms. The van der Waals surface area contributed by atoms with Crippen LogP contribution in [-0.4, -0.2) is 56.3 Å². The van der Waals surface area contributed by atoms with Crippen molar-refractivity contribution in [2.75, 3.05) is 26.7 Å². The molecule has 4 heterocycles. The molecule has 0 aliphatic carbocycles. The molecule has 6 nitrogen and oxygen atoms in total. The van der Waals surface area contributed by atoms with Crippen molar-refractivity contribution in [1.82, 2.24) is 29.6 Å². The van der Waals surface area contributed by atoms with Gasteiger partial charge in [0.05, 0.1) is 17.3 Å². The van der Waals surface area contributed by atoms with Crippen molar-refractivity contribution in [2.45, 2.75) is 12.6 Å². The Morgan fingerprint density at radius 3 is 2.80 bits per heavy atom. The molecule has 7 heteroatoms. The maximum Gasteiger partial charge on any atom is 0.123 e. The molecule has 0 radical (unpaired) electrons. The number of pyridine rings is 2. The summed E-state index contributed by atoms with van der Waals surface area (Å²) in [7, 11) is 2.13. The van der Waals surface area contributed by atoms with E-state index in [9.17, 15) is 4.39 Å². The molecule has 0 unspecified atom stereocenters. The lowest BCUT2D eigenvalue weighted by Crippen LogP contribution is -2.46. The Labute approximate surface area is 174 Å². The molecule has 1 saturated heterocycles. The second-order valence-corrected chi connectivity index (χ2v) is 7.79. The molecule has 1 fully saturated rings. The number of hydrogen-bond acceptors (Lipinski definition) is 5. The molecule has 152 valence electrons. The summed E-state index contributed by atoms with van der Waals surface area (Å²) in [6.07, 6.45) is 3.75. The molecular weight excluding hydrogens is 379 g/mol. The number of aromatic nitrogens is 4. The number of likely N-dealkylation sites (N-methyl/N-ethyl adjacent to an activating group) is 1. The average Bonchev–Trinajstić information content (AvgIpc) is 3.19. The maximum atomic E-state index is 13.6. The Hall–Kier alpha value is -3.16. The summed E-state index contributed by atoms with van der Waals surface area (Å²) in [6, 6.07) is 16.8. The summed E-state index contributed by atoms with van der Waals surface area (Å²) >= 11 is 0. The van der Waals surface area contributed by atoms with Crippen LogP contribution in [0.15, 0.2) is 67.0 Å². The molecule has 1 aliphatic rings. The van der Waals surface area contributed by atoms with E-state index in [1.807, 2.05) is 42.7 Å². The summed E-state index contributed by atoms with van der Waals surface area (Å²) in [5, 5.41) is 8.88. The lowest BCUT2D eigenvalue weighted by atomic mass is 10.1. The highest BCUT2D eigenvalue weighted by molar-refractivity contribution is 5.66. The van der Waals surface area contributed by atoms with Crippen LogP contribution in [0.25, 0.3) is 16.6 Å². The summed E-state index contributed by atoms with van der Waals surface area (Å²) in [6.45, 7) is 3.64. The molecule has 1 aromatic carbocycles. The van der Waals surface area contributed by atoms with E-state index in [0.717, 1.165) is 54.2 Å². The molecule has 0 N–H and O–H groups in total. The number of rotatable bonds is 4. The van der Waals surface area contributed by atoms with Gasteiger partial charge in [-0.3, -0.25) is 14.8 Å². The Bertz CT molecular complexity index is 1160. The van der Waals surface area contributed by atoms with Gasteiger partial charge in [0.15, 0.2) is 0 Å². The van der Waals surface area contributed by atoms with Crippen LogP contribution in [0.5, 0.6) is 0 Å². The normalized spacial score (nSPS) is 18.1. The molecule has 1 aliphatic heterocycles. The number of benzene rings is 1. The predicted octanol–water partition coefficient (Wildman–Crippen LogP) is 3.42. The van der Waals surface area contributed by atoms with E-state index >= 15 is 0 Å². The Morgan fingerprint density at radius 2 is 1.97 bits per heavy atom. The van der Waals surface area contributed by atoms with Crippen molar-refractivity contribution in [1.29, 1.82) is 0 Å². The van der Waals surface area contributed by atoms with Crippen molar-refractivity contribution >= 4 is 5.52 Å². The van der Waals surface area contributed by atoms with Crippen LogP contribution in [-0.2, 0) is 6.54 Å². The lowest BCUT2D eigenvalue weighted by Gasteiger charge is -2.38. The Balaban J connectivity index is 1.42. The van der Waals surface area contributed by atoms with Crippen LogP contribution in [0.3, 0.4) is 0 Å². The van der Waals surface area contributed by atoms with Gasteiger partial charge in [0.2, 0.25) is 0 Å². The molecule has 3 aromatic heterocycles. The van der Waals surface area contributed by atoms with Crippen molar-refractivity contribution in [3.05, 3.63) is 84.2 Å². The molecule has 0 amide bonds. The summed E-state index contributed by atoms with van der Waals surface area (Å²) < 4.78 is 15.4. The maximum absolute atomic E-state index is 13.6. The van der Waals surface area contributed by atoms with Gasteiger partial charge >= 0.3 is 0 Å². The minimum absolute atomic E-state index is 0.153. The molecule has 0 saturated carbocycles. The van der Waals surface area contributed by atoms with Crippen molar-refractivity contribution in [2.24, 2.45) is 0 Å². The monoisotopic (exact) mass is 402 g/mol. The van der Waals surface area contributed by atoms with Gasteiger partial charge in [0.1, 0.15) is 11.5 Å². The molecule has 1 atom stereocenters. The SMILES string of the molecule is CN1CCN(Cc2ccccn2)C[C@@H]1c1nnn2cc(-c3cccc(F)c3)ccc12. The minimum atomic E-state index is -0.247. The molecule has 0 spiro atoms. The van der Waals surface area contributed by atoms with Crippen molar-refractivity contribution in [3.8, 4) is 11.1 Å². The van der Waals surface area contributed by atoms with E-state index in [4.69, 9.17) is 0 Å². The zero-order chi connectivity index (χ0) is 20.5. The fourth-order valence-corrected chi connectivity index (χ4v) is 4.08. The summed E-state index contributed by atoms with van der Waals surface area (Å²) in [5.41, 5.74) is 4.76. The molecule has 5 rings (SSSR count). The highest BCUT2D eigenvalue weighted by atomic mass is 19.1. The number of hydrogen-bond donors (Lipinski definition) is 0. The van der Waals surface area contributed by atoms with Gasteiger partial charge in [-0.15, -0.1) is 5.10 Å². The molecular formula is C23H23FN6. The topological polar surface area (TPSA) is 49.6 Å². The second kappa shape index (κ2) is 7.93. The standard InChI is InChI=1S/C23H23FN6/c1-28-11-12-29(15-20-7-2-3-10-25-20)16-22(28)23-21-9-8-18(14-30(21)27-26-23)17-5-4-6-19(24)13-17/h2-10,13-14,22H,11-12,15-16H2,1H3/t22-/m1/s1. The first-order valence-corrected chi connectivity index (χ1v) is 10.1. The van der Waals surface area contributed by atoms with Crippen LogP contribution in [0.1, 0.15) is 17.4 Å². The summed E-state index contributed by atoms with van der Waals surface area (Å²) in [4.78, 5) is 9.21. The van der Waals surface area contributed by atoms with E-state index in [1.54, 1.807) is 10.6 Å². The highest BCUT2D eigenvalue weighted by Gasteiger charge is 2.29. The summed E-state index contributed by atoms with van der Waals surface area (Å²) in [5.74, 6) is -0.247. The third kappa shape index (κ3) is 3.69. The van der Waals surface area contributed by atoms with Crippen LogP contribution in [0.4, 0.5) is 4.39 Å². The fraction of sp³-hybridized carbons (Fsp3) is 0.261. The third-order valence-electron chi connectivity index (χ3n) is 5.76. The highest BCUT2D eigenvalue weighted by Crippen LogP contribution is 2.28. The van der Waals surface area contributed by atoms with E-state index in [1.165, 1.54) is 12.1 Å². The van der Waals surface area contributed by atoms with Gasteiger partial charge in [-0.2, -0.15) is 0 Å². The lowest BCUT2D eigenvalue weighted by molar-refractivity contribution is 0.0881. The molecule has 4 aromatic rings. The van der Waals surface area contributed by atoms with Crippen LogP contribution < -0.4 is 0 Å². The van der Waals surface area contributed by atoms with Gasteiger partial charge < -0.3 is 0 Å². The number of fused-ring (bicyclic) bond motifs is 1. The van der Waals surface area contributed by atoms with Crippen LogP contribution in [0, 0.1) is 5.82 Å². The van der Waals surface area contributed by atoms with Gasteiger partial charge in [-0.05, 0) is 42.9 Å². The minimum Gasteiger partial charge on any atom is -0.295 e. The number of halogens is 1. The predicted molar refractivity (Wildman–Crippen MR) is 113 cm³/mol. The number of piperazine rings is 1. The smallest absolute Gasteiger partial charge is 0.123 e. The van der Waals surface area contributed by atoms with E-state index in [2.05, 4.69) is 38.2 Å². The quantitative estimate of drug-likeness (QED) is 0.524. The van der Waals surface area contributed by atoms with Crippen molar-refractivity contribution in [3.63, 3.8) is 0 Å². The van der Waals surface area contributed by atoms with E-state index in [-0.39, 0.29) is 11.9 Å². The first-order valence-electron chi connectivity index (χ1n) is 10.1. The number of nitrogens with zero attached hydrogens (tertiary/aromatic N) is 6. The van der Waals surface area contributed by atoms with Gasteiger partial charge in [-0.1, -0.05) is 29.5 Å². The van der Waals surface area contributed by atoms with Crippen LogP contribution >= 0.6 is 0 Å². The largest absolute Gasteiger partial charge is 0.295 e. The van der Waals surface area contributed by atoms with E-state index in [0.29, 0.717) is 0 Å². The molecule has 0 bridgehead atoms. The first kappa shape index (κ1) is 18.8. The third-order valence-corrected chi connectivity index (χ3v) is 5.76.